The van der Waals surface area contributed by atoms with Crippen LogP contribution in [0.5, 0.6) is 5.75 Å². The summed E-state index contributed by atoms with van der Waals surface area (Å²) < 4.78 is 18.0. The van der Waals surface area contributed by atoms with E-state index in [-0.39, 0.29) is 30.1 Å². The molecule has 5 heteroatoms. The third-order valence-electron chi connectivity index (χ3n) is 6.33. The molecule has 5 nitrogen and oxygen atoms in total. The summed E-state index contributed by atoms with van der Waals surface area (Å²) in [5.41, 5.74) is 1.48. The first-order chi connectivity index (χ1) is 14.0. The molecule has 2 aromatic rings. The molecule has 3 heterocycles. The normalized spacial score (nSPS) is 27.9. The van der Waals surface area contributed by atoms with Crippen LogP contribution in [0.25, 0.3) is 0 Å². The van der Waals surface area contributed by atoms with Crippen molar-refractivity contribution in [1.29, 1.82) is 0 Å². The van der Waals surface area contributed by atoms with E-state index in [4.69, 9.17) is 14.2 Å². The molecule has 2 aromatic carbocycles. The number of hydrogen-bond acceptors (Lipinski definition) is 4. The number of benzene rings is 2. The van der Waals surface area contributed by atoms with E-state index in [1.807, 2.05) is 61.2 Å². The first-order valence-electron chi connectivity index (χ1n) is 10.4. The Morgan fingerprint density at radius 2 is 1.86 bits per heavy atom. The van der Waals surface area contributed by atoms with Crippen molar-refractivity contribution in [3.05, 3.63) is 65.7 Å². The number of ether oxygens (including phenoxy) is 3. The van der Waals surface area contributed by atoms with Gasteiger partial charge in [-0.15, -0.1) is 0 Å². The minimum atomic E-state index is -0.702. The lowest BCUT2D eigenvalue weighted by Crippen LogP contribution is -2.52. The van der Waals surface area contributed by atoms with Crippen molar-refractivity contribution in [3.8, 4) is 5.75 Å². The maximum absolute atomic E-state index is 14.0. The molecule has 152 valence electrons. The van der Waals surface area contributed by atoms with Gasteiger partial charge < -0.3 is 19.1 Å². The molecular formula is C24H27NO4. The number of rotatable bonds is 4. The van der Waals surface area contributed by atoms with Crippen LogP contribution in [0, 0.1) is 5.92 Å². The van der Waals surface area contributed by atoms with Gasteiger partial charge in [0.2, 0.25) is 5.91 Å². The van der Waals surface area contributed by atoms with Gasteiger partial charge >= 0.3 is 0 Å². The Bertz CT molecular complexity index is 893. The molecule has 2 unspecified atom stereocenters. The van der Waals surface area contributed by atoms with E-state index in [0.717, 1.165) is 29.9 Å². The number of carbonyl (C=O) groups is 1. The van der Waals surface area contributed by atoms with E-state index in [9.17, 15) is 4.79 Å². The van der Waals surface area contributed by atoms with E-state index < -0.39 is 5.72 Å². The molecule has 0 saturated carbocycles. The minimum absolute atomic E-state index is 0.0346. The van der Waals surface area contributed by atoms with Crippen LogP contribution in [-0.2, 0) is 20.7 Å². The van der Waals surface area contributed by atoms with Gasteiger partial charge in [0.05, 0.1) is 18.1 Å². The monoisotopic (exact) mass is 393 g/mol. The molecular weight excluding hydrogens is 366 g/mol. The van der Waals surface area contributed by atoms with E-state index in [1.54, 1.807) is 0 Å². The Hall–Kier alpha value is -2.37. The molecule has 0 aliphatic carbocycles. The van der Waals surface area contributed by atoms with Crippen molar-refractivity contribution >= 4 is 5.91 Å². The van der Waals surface area contributed by atoms with Crippen LogP contribution in [0.15, 0.2) is 54.6 Å². The van der Waals surface area contributed by atoms with Crippen molar-refractivity contribution in [2.24, 2.45) is 5.92 Å². The highest BCUT2D eigenvalue weighted by atomic mass is 16.6. The highest BCUT2D eigenvalue weighted by molar-refractivity contribution is 5.81. The molecule has 3 aliphatic rings. The van der Waals surface area contributed by atoms with Crippen LogP contribution in [0.2, 0.25) is 0 Å². The summed E-state index contributed by atoms with van der Waals surface area (Å²) in [5, 5.41) is 0. The van der Waals surface area contributed by atoms with Gasteiger partial charge in [-0.2, -0.15) is 0 Å². The van der Waals surface area contributed by atoms with Gasteiger partial charge in [0, 0.05) is 12.2 Å². The molecule has 4 atom stereocenters. The average Bonchev–Trinajstić information content (AvgIpc) is 2.96. The predicted molar refractivity (Wildman–Crippen MR) is 108 cm³/mol. The Labute approximate surface area is 171 Å². The van der Waals surface area contributed by atoms with Gasteiger partial charge in [-0.1, -0.05) is 48.5 Å². The molecule has 29 heavy (non-hydrogen) atoms. The fourth-order valence-electron chi connectivity index (χ4n) is 4.88. The molecule has 1 amide bonds. The second kappa shape index (κ2) is 7.15. The summed E-state index contributed by atoms with van der Waals surface area (Å²) in [4.78, 5) is 15.9. The number of para-hydroxylation sites is 1. The lowest BCUT2D eigenvalue weighted by Gasteiger charge is -2.41. The smallest absolute Gasteiger partial charge is 0.231 e. The molecule has 2 fully saturated rings. The van der Waals surface area contributed by atoms with Crippen LogP contribution in [0.3, 0.4) is 0 Å². The van der Waals surface area contributed by atoms with E-state index in [0.29, 0.717) is 13.0 Å². The number of hydrogen-bond donors (Lipinski definition) is 0. The van der Waals surface area contributed by atoms with Crippen molar-refractivity contribution in [2.45, 2.75) is 50.7 Å². The van der Waals surface area contributed by atoms with E-state index in [2.05, 4.69) is 12.1 Å². The summed E-state index contributed by atoms with van der Waals surface area (Å²) in [6.07, 6.45) is 1.40. The molecule has 0 spiro atoms. The first-order valence-corrected chi connectivity index (χ1v) is 10.4. The summed E-state index contributed by atoms with van der Waals surface area (Å²) in [6, 6.07) is 18.0. The zero-order valence-electron chi connectivity index (χ0n) is 16.9. The van der Waals surface area contributed by atoms with Crippen LogP contribution < -0.4 is 4.74 Å². The number of amides is 1. The second-order valence-electron chi connectivity index (χ2n) is 8.60. The SMILES string of the molecule is CC1(C)O[C@@H]2COc3ccccc3[C@@H]2N1C(=O)C(Cc1ccccc1)C1CCO1. The summed E-state index contributed by atoms with van der Waals surface area (Å²) in [5.74, 6) is 0.725. The summed E-state index contributed by atoms with van der Waals surface area (Å²) in [6.45, 7) is 5.14. The Balaban J connectivity index is 1.50. The number of carbonyl (C=O) groups excluding carboxylic acids is 1. The van der Waals surface area contributed by atoms with Gasteiger partial charge in [-0.05, 0) is 38.3 Å². The molecule has 0 aromatic heterocycles. The molecule has 2 saturated heterocycles. The maximum atomic E-state index is 14.0. The van der Waals surface area contributed by atoms with E-state index in [1.165, 1.54) is 0 Å². The summed E-state index contributed by atoms with van der Waals surface area (Å²) in [7, 11) is 0. The van der Waals surface area contributed by atoms with Crippen molar-refractivity contribution in [3.63, 3.8) is 0 Å². The van der Waals surface area contributed by atoms with Crippen LogP contribution in [0.4, 0.5) is 0 Å². The standard InChI is InChI=1S/C24H27NO4/c1-24(2)25(22-17-10-6-7-11-19(17)28-15-21(22)29-24)23(26)18(20-12-13-27-20)14-16-8-4-3-5-9-16/h3-11,18,20-22H,12-15H2,1-2H3/t18?,20?,21-,22+/m1/s1. The molecule has 3 aliphatic heterocycles. The van der Waals surface area contributed by atoms with E-state index >= 15 is 0 Å². The summed E-state index contributed by atoms with van der Waals surface area (Å²) >= 11 is 0. The zero-order chi connectivity index (χ0) is 20.0. The molecule has 0 N–H and O–H groups in total. The Morgan fingerprint density at radius 1 is 1.14 bits per heavy atom. The highest BCUT2D eigenvalue weighted by Gasteiger charge is 2.55. The molecule has 0 radical (unpaired) electrons. The van der Waals surface area contributed by atoms with Crippen LogP contribution in [-0.4, -0.2) is 42.0 Å². The van der Waals surface area contributed by atoms with Crippen molar-refractivity contribution in [1.82, 2.24) is 4.90 Å². The quantitative estimate of drug-likeness (QED) is 0.794. The van der Waals surface area contributed by atoms with Gasteiger partial charge in [0.1, 0.15) is 24.2 Å². The van der Waals surface area contributed by atoms with Crippen LogP contribution in [0.1, 0.15) is 37.4 Å². The third-order valence-corrected chi connectivity index (χ3v) is 6.33. The Kier molecular flexibility index (Phi) is 4.60. The minimum Gasteiger partial charge on any atom is -0.490 e. The zero-order valence-corrected chi connectivity index (χ0v) is 16.9. The fourth-order valence-corrected chi connectivity index (χ4v) is 4.88. The lowest BCUT2D eigenvalue weighted by atomic mass is 9.87. The van der Waals surface area contributed by atoms with Gasteiger partial charge in [-0.3, -0.25) is 4.79 Å². The fraction of sp³-hybridized carbons (Fsp3) is 0.458. The first kappa shape index (κ1) is 18.6. The molecule has 0 bridgehead atoms. The van der Waals surface area contributed by atoms with Crippen molar-refractivity contribution < 1.29 is 19.0 Å². The maximum Gasteiger partial charge on any atom is 0.231 e. The largest absolute Gasteiger partial charge is 0.490 e. The Morgan fingerprint density at radius 3 is 2.59 bits per heavy atom. The van der Waals surface area contributed by atoms with Crippen LogP contribution >= 0.6 is 0 Å². The second-order valence-corrected chi connectivity index (χ2v) is 8.60. The average molecular weight is 393 g/mol. The van der Waals surface area contributed by atoms with Crippen molar-refractivity contribution in [2.75, 3.05) is 13.2 Å². The lowest BCUT2D eigenvalue weighted by molar-refractivity contribution is -0.164. The third kappa shape index (κ3) is 3.22. The number of fused-ring (bicyclic) bond motifs is 3. The molecule has 5 rings (SSSR count). The number of nitrogens with zero attached hydrogens (tertiary/aromatic N) is 1. The van der Waals surface area contributed by atoms with Gasteiger partial charge in [0.15, 0.2) is 0 Å². The van der Waals surface area contributed by atoms with Gasteiger partial charge in [0.25, 0.3) is 0 Å². The highest BCUT2D eigenvalue weighted by Crippen LogP contribution is 2.48. The predicted octanol–water partition coefficient (Wildman–Crippen LogP) is 3.73. The topological polar surface area (TPSA) is 48.0 Å². The van der Waals surface area contributed by atoms with Gasteiger partial charge in [-0.25, -0.2) is 0 Å².